The van der Waals surface area contributed by atoms with Gasteiger partial charge in [-0.2, -0.15) is 4.98 Å². The van der Waals surface area contributed by atoms with Crippen molar-refractivity contribution in [2.24, 2.45) is 0 Å². The Morgan fingerprint density at radius 1 is 0.794 bits per heavy atom. The summed E-state index contributed by atoms with van der Waals surface area (Å²) in [5.74, 6) is 0.463. The molecule has 0 atom stereocenters. The quantitative estimate of drug-likeness (QED) is 0.281. The summed E-state index contributed by atoms with van der Waals surface area (Å²) < 4.78 is 4.69. The lowest BCUT2D eigenvalue weighted by Gasteiger charge is -2.19. The van der Waals surface area contributed by atoms with E-state index < -0.39 is 0 Å². The number of nitrogens with one attached hydrogen (secondary N) is 1. The van der Waals surface area contributed by atoms with Gasteiger partial charge in [0.25, 0.3) is 5.56 Å². The van der Waals surface area contributed by atoms with Gasteiger partial charge in [0.05, 0.1) is 5.69 Å². The summed E-state index contributed by atoms with van der Waals surface area (Å²) in [6.07, 6.45) is 0. The lowest BCUT2D eigenvalue weighted by atomic mass is 10.1. The first kappa shape index (κ1) is 22.3. The number of aromatic nitrogens is 3. The van der Waals surface area contributed by atoms with Gasteiger partial charge < -0.3 is 5.32 Å². The molecule has 2 heterocycles. The van der Waals surface area contributed by atoms with E-state index in [1.54, 1.807) is 4.57 Å². The highest BCUT2D eigenvalue weighted by Crippen LogP contribution is 2.30. The summed E-state index contributed by atoms with van der Waals surface area (Å²) in [4.78, 5) is 19.1. The Balaban J connectivity index is 1.89. The highest BCUT2D eigenvalue weighted by Gasteiger charge is 2.21. The highest BCUT2D eigenvalue weighted by molar-refractivity contribution is 7.73. The zero-order valence-electron chi connectivity index (χ0n) is 19.4. The number of hydrogen-bond acceptors (Lipinski definition) is 5. The molecule has 2 aromatic heterocycles. The number of anilines is 2. The molecular weight excluding hydrogens is 460 g/mol. The summed E-state index contributed by atoms with van der Waals surface area (Å²) >= 11 is 6.99. The van der Waals surface area contributed by atoms with Crippen molar-refractivity contribution in [3.8, 4) is 11.4 Å². The molecule has 0 fully saturated rings. The normalized spacial score (nSPS) is 11.2. The summed E-state index contributed by atoms with van der Waals surface area (Å²) in [5.41, 5.74) is 7.23. The third-order valence-electron chi connectivity index (χ3n) is 6.00. The number of rotatable bonds is 4. The molecular formula is C27H24N4OS2. The van der Waals surface area contributed by atoms with E-state index >= 15 is 0 Å². The smallest absolute Gasteiger partial charge is 0.279 e. The molecule has 34 heavy (non-hydrogen) atoms. The molecule has 0 saturated heterocycles. The Kier molecular flexibility index (Phi) is 5.67. The largest absolute Gasteiger partial charge is 0.325 e. The molecule has 0 aliphatic heterocycles. The highest BCUT2D eigenvalue weighted by atomic mass is 32.1. The molecule has 170 valence electrons. The SMILES string of the molecule is Cc1cccc(C)c1Nc1nc2c(sc(=S)n2-c2ccccc2)c(=O)n1-c1c(C)cccc1C. The molecule has 5 rings (SSSR count). The van der Waals surface area contributed by atoms with Crippen LogP contribution in [0, 0.1) is 31.6 Å². The van der Waals surface area contributed by atoms with E-state index in [0.29, 0.717) is 20.2 Å². The summed E-state index contributed by atoms with van der Waals surface area (Å²) in [7, 11) is 0. The van der Waals surface area contributed by atoms with E-state index in [1.165, 1.54) is 11.3 Å². The standard InChI is InChI=1S/C27H24N4OS2/c1-16-10-8-11-17(2)21(16)28-26-29-24-23(34-27(33)30(24)20-14-6-5-7-15-20)25(32)31(26)22-18(3)12-9-13-19(22)4/h5-15H,1-4H3,(H,28,29). The second-order valence-electron chi connectivity index (χ2n) is 8.40. The number of nitrogens with zero attached hydrogens (tertiary/aromatic N) is 3. The molecule has 0 aliphatic carbocycles. The van der Waals surface area contributed by atoms with E-state index in [0.717, 1.165) is 39.3 Å². The minimum atomic E-state index is -0.137. The molecule has 3 aromatic carbocycles. The van der Waals surface area contributed by atoms with Crippen LogP contribution in [0.15, 0.2) is 71.5 Å². The van der Waals surface area contributed by atoms with Gasteiger partial charge in [-0.1, -0.05) is 65.9 Å². The molecule has 0 spiro atoms. The van der Waals surface area contributed by atoms with E-state index in [-0.39, 0.29) is 5.56 Å². The average Bonchev–Trinajstić information content (AvgIpc) is 3.14. The van der Waals surface area contributed by atoms with Crippen molar-refractivity contribution in [3.63, 3.8) is 0 Å². The van der Waals surface area contributed by atoms with Gasteiger partial charge in [0.15, 0.2) is 9.60 Å². The molecule has 0 saturated carbocycles. The van der Waals surface area contributed by atoms with Crippen LogP contribution in [0.2, 0.25) is 0 Å². The third-order valence-corrected chi connectivity index (χ3v) is 7.35. The third kappa shape index (κ3) is 3.67. The summed E-state index contributed by atoms with van der Waals surface area (Å²) in [5, 5.41) is 3.49. The van der Waals surface area contributed by atoms with Gasteiger partial charge >= 0.3 is 0 Å². The monoisotopic (exact) mass is 484 g/mol. The first-order valence-corrected chi connectivity index (χ1v) is 12.2. The fourth-order valence-corrected chi connectivity index (χ4v) is 5.64. The van der Waals surface area contributed by atoms with E-state index in [4.69, 9.17) is 17.2 Å². The predicted octanol–water partition coefficient (Wildman–Crippen LogP) is 6.94. The van der Waals surface area contributed by atoms with Crippen LogP contribution in [-0.4, -0.2) is 14.1 Å². The van der Waals surface area contributed by atoms with Crippen molar-refractivity contribution in [2.45, 2.75) is 27.7 Å². The maximum absolute atomic E-state index is 14.0. The molecule has 5 aromatic rings. The van der Waals surface area contributed by atoms with Gasteiger partial charge in [-0.15, -0.1) is 0 Å². The van der Waals surface area contributed by atoms with Crippen LogP contribution in [0.1, 0.15) is 22.3 Å². The van der Waals surface area contributed by atoms with E-state index in [2.05, 4.69) is 5.32 Å². The van der Waals surface area contributed by atoms with E-state index in [9.17, 15) is 4.79 Å². The summed E-state index contributed by atoms with van der Waals surface area (Å²) in [6.45, 7) is 8.12. The van der Waals surface area contributed by atoms with Gasteiger partial charge in [-0.25, -0.2) is 4.57 Å². The molecule has 1 N–H and O–H groups in total. The lowest BCUT2D eigenvalue weighted by molar-refractivity contribution is 0.941. The Hall–Kier alpha value is -3.55. The molecule has 5 nitrogen and oxygen atoms in total. The van der Waals surface area contributed by atoms with Crippen molar-refractivity contribution >= 4 is 45.5 Å². The van der Waals surface area contributed by atoms with Crippen molar-refractivity contribution in [2.75, 3.05) is 5.32 Å². The van der Waals surface area contributed by atoms with Gasteiger partial charge in [0.2, 0.25) is 5.95 Å². The van der Waals surface area contributed by atoms with Crippen LogP contribution in [0.5, 0.6) is 0 Å². The Bertz CT molecular complexity index is 1620. The van der Waals surface area contributed by atoms with Crippen LogP contribution < -0.4 is 10.9 Å². The number of aryl methyl sites for hydroxylation is 4. The van der Waals surface area contributed by atoms with Crippen molar-refractivity contribution in [1.82, 2.24) is 14.1 Å². The minimum absolute atomic E-state index is 0.137. The zero-order valence-corrected chi connectivity index (χ0v) is 21.1. The number of fused-ring (bicyclic) bond motifs is 1. The number of para-hydroxylation sites is 3. The number of benzene rings is 3. The minimum Gasteiger partial charge on any atom is -0.325 e. The maximum atomic E-state index is 14.0. The lowest BCUT2D eigenvalue weighted by Crippen LogP contribution is -2.24. The van der Waals surface area contributed by atoms with Crippen LogP contribution >= 0.6 is 23.6 Å². The second-order valence-corrected chi connectivity index (χ2v) is 10.0. The van der Waals surface area contributed by atoms with Gasteiger partial charge in [-0.05, 0) is 74.3 Å². The average molecular weight is 485 g/mol. The fraction of sp³-hybridized carbons (Fsp3) is 0.148. The van der Waals surface area contributed by atoms with E-state index in [1.807, 2.05) is 99.0 Å². The zero-order chi connectivity index (χ0) is 24.0. The predicted molar refractivity (Wildman–Crippen MR) is 144 cm³/mol. The van der Waals surface area contributed by atoms with Gasteiger partial charge in [0, 0.05) is 11.4 Å². The number of hydrogen-bond donors (Lipinski definition) is 1. The van der Waals surface area contributed by atoms with Gasteiger partial charge in [-0.3, -0.25) is 9.36 Å². The molecule has 0 bridgehead atoms. The summed E-state index contributed by atoms with van der Waals surface area (Å²) in [6, 6.07) is 21.9. The molecule has 0 radical (unpaired) electrons. The molecule has 0 amide bonds. The van der Waals surface area contributed by atoms with Crippen molar-refractivity contribution in [1.29, 1.82) is 0 Å². The first-order chi connectivity index (χ1) is 16.4. The first-order valence-electron chi connectivity index (χ1n) is 11.0. The Morgan fingerprint density at radius 3 is 2.00 bits per heavy atom. The fourth-order valence-electron chi connectivity index (χ4n) is 4.33. The second kappa shape index (κ2) is 8.66. The topological polar surface area (TPSA) is 51.9 Å². The Labute approximate surface area is 207 Å². The molecule has 0 unspecified atom stereocenters. The van der Waals surface area contributed by atoms with Crippen LogP contribution in [0.4, 0.5) is 11.6 Å². The van der Waals surface area contributed by atoms with Crippen molar-refractivity contribution < 1.29 is 0 Å². The van der Waals surface area contributed by atoms with Crippen molar-refractivity contribution in [3.05, 3.63) is 103 Å². The van der Waals surface area contributed by atoms with Crippen LogP contribution in [0.25, 0.3) is 21.7 Å². The Morgan fingerprint density at radius 2 is 1.38 bits per heavy atom. The van der Waals surface area contributed by atoms with Gasteiger partial charge in [0.1, 0.15) is 4.70 Å². The van der Waals surface area contributed by atoms with Crippen LogP contribution in [0.3, 0.4) is 0 Å². The van der Waals surface area contributed by atoms with Crippen LogP contribution in [-0.2, 0) is 0 Å². The number of thiazole rings is 1. The molecule has 0 aliphatic rings. The molecule has 7 heteroatoms. The maximum Gasteiger partial charge on any atom is 0.279 e.